The van der Waals surface area contributed by atoms with Crippen molar-refractivity contribution in [3.63, 3.8) is 0 Å². The monoisotopic (exact) mass is 425 g/mol. The van der Waals surface area contributed by atoms with Gasteiger partial charge in [0.2, 0.25) is 0 Å². The van der Waals surface area contributed by atoms with Crippen LogP contribution >= 0.6 is 0 Å². The number of H-pyrrole nitrogens is 1. The fourth-order valence-electron chi connectivity index (χ4n) is 4.40. The van der Waals surface area contributed by atoms with E-state index >= 15 is 0 Å². The minimum absolute atomic E-state index is 0.0487. The third kappa shape index (κ3) is 3.20. The predicted molar refractivity (Wildman–Crippen MR) is 123 cm³/mol. The van der Waals surface area contributed by atoms with Crippen molar-refractivity contribution in [1.29, 1.82) is 0 Å². The Morgan fingerprint density at radius 2 is 1.75 bits per heavy atom. The third-order valence-electron chi connectivity index (χ3n) is 6.36. The van der Waals surface area contributed by atoms with Gasteiger partial charge in [0.1, 0.15) is 16.7 Å². The smallest absolute Gasteiger partial charge is 0.251 e. The first-order valence-corrected chi connectivity index (χ1v) is 10.8. The van der Waals surface area contributed by atoms with Gasteiger partial charge in [0.25, 0.3) is 5.91 Å². The topological polar surface area (TPSA) is 90.0 Å². The zero-order chi connectivity index (χ0) is 21.7. The van der Waals surface area contributed by atoms with Crippen molar-refractivity contribution in [3.8, 4) is 22.6 Å². The number of amides is 1. The van der Waals surface area contributed by atoms with E-state index < -0.39 is 0 Å². The van der Waals surface area contributed by atoms with Crippen LogP contribution in [0.25, 0.3) is 33.7 Å². The number of benzene rings is 2. The van der Waals surface area contributed by atoms with Crippen molar-refractivity contribution < 1.29 is 4.79 Å². The van der Waals surface area contributed by atoms with E-state index in [0.29, 0.717) is 17.9 Å². The summed E-state index contributed by atoms with van der Waals surface area (Å²) in [6.07, 6.45) is 1.75. The molecular weight excluding hydrogens is 402 g/mol. The Morgan fingerprint density at radius 3 is 2.56 bits per heavy atom. The van der Waals surface area contributed by atoms with Crippen molar-refractivity contribution in [1.82, 2.24) is 30.4 Å². The van der Waals surface area contributed by atoms with Gasteiger partial charge in [0.15, 0.2) is 5.82 Å². The molecule has 2 aromatic carbocycles. The summed E-state index contributed by atoms with van der Waals surface area (Å²) in [5.74, 6) is 0.532. The molecule has 4 heterocycles. The molecule has 0 bridgehead atoms. The van der Waals surface area contributed by atoms with E-state index in [9.17, 15) is 4.79 Å². The van der Waals surface area contributed by atoms with E-state index in [2.05, 4.69) is 61.6 Å². The summed E-state index contributed by atoms with van der Waals surface area (Å²) >= 11 is 0. The van der Waals surface area contributed by atoms with Gasteiger partial charge in [-0.25, -0.2) is 9.97 Å². The van der Waals surface area contributed by atoms with E-state index in [-0.39, 0.29) is 5.91 Å². The maximum atomic E-state index is 12.0. The SMILES string of the molecule is CN1CCN(c2ccc(-c3n[nH]c4cnc(-c5ccc6c(c5)C(=O)NC6)nc34)cc2)CC1. The van der Waals surface area contributed by atoms with E-state index in [4.69, 9.17) is 4.98 Å². The van der Waals surface area contributed by atoms with Gasteiger partial charge in [-0.2, -0.15) is 5.10 Å². The molecule has 32 heavy (non-hydrogen) atoms. The van der Waals surface area contributed by atoms with Gasteiger partial charge in [-0.05, 0) is 30.8 Å². The first kappa shape index (κ1) is 18.9. The van der Waals surface area contributed by atoms with Crippen LogP contribution in [0.2, 0.25) is 0 Å². The molecule has 0 unspecified atom stereocenters. The maximum Gasteiger partial charge on any atom is 0.251 e. The Labute approximate surface area is 185 Å². The lowest BCUT2D eigenvalue weighted by Gasteiger charge is -2.34. The van der Waals surface area contributed by atoms with Crippen molar-refractivity contribution in [2.75, 3.05) is 38.1 Å². The van der Waals surface area contributed by atoms with E-state index in [1.165, 1.54) is 5.69 Å². The highest BCUT2D eigenvalue weighted by Crippen LogP contribution is 2.29. The van der Waals surface area contributed by atoms with Crippen LogP contribution < -0.4 is 10.2 Å². The molecule has 0 saturated carbocycles. The molecule has 1 amide bonds. The van der Waals surface area contributed by atoms with E-state index in [0.717, 1.165) is 59.6 Å². The largest absolute Gasteiger partial charge is 0.369 e. The molecule has 2 N–H and O–H groups in total. The zero-order valence-electron chi connectivity index (χ0n) is 17.8. The van der Waals surface area contributed by atoms with Gasteiger partial charge >= 0.3 is 0 Å². The molecular formula is C24H23N7O. The summed E-state index contributed by atoms with van der Waals surface area (Å²) in [4.78, 5) is 26.1. The highest BCUT2D eigenvalue weighted by Gasteiger charge is 2.20. The Morgan fingerprint density at radius 1 is 0.969 bits per heavy atom. The lowest BCUT2D eigenvalue weighted by Crippen LogP contribution is -2.44. The molecule has 0 radical (unpaired) electrons. The predicted octanol–water partition coefficient (Wildman–Crippen LogP) is 2.68. The number of nitrogens with zero attached hydrogens (tertiary/aromatic N) is 5. The zero-order valence-corrected chi connectivity index (χ0v) is 17.8. The molecule has 1 fully saturated rings. The van der Waals surface area contributed by atoms with E-state index in [1.54, 1.807) is 6.20 Å². The molecule has 2 aromatic heterocycles. The van der Waals surface area contributed by atoms with E-state index in [1.807, 2.05) is 18.2 Å². The molecule has 8 nitrogen and oxygen atoms in total. The second-order valence-electron chi connectivity index (χ2n) is 8.42. The molecule has 0 spiro atoms. The van der Waals surface area contributed by atoms with Crippen LogP contribution in [0.4, 0.5) is 5.69 Å². The number of carbonyl (C=O) groups is 1. The number of piperazine rings is 1. The Balaban J connectivity index is 1.33. The first-order valence-electron chi connectivity index (χ1n) is 10.8. The first-order chi connectivity index (χ1) is 15.7. The van der Waals surface area contributed by atoms with Crippen LogP contribution in [0.1, 0.15) is 15.9 Å². The molecule has 0 aliphatic carbocycles. The van der Waals surface area contributed by atoms with Gasteiger partial charge in [0, 0.05) is 55.1 Å². The minimum Gasteiger partial charge on any atom is -0.369 e. The van der Waals surface area contributed by atoms with Crippen LogP contribution in [-0.4, -0.2) is 64.2 Å². The van der Waals surface area contributed by atoms with Crippen LogP contribution in [-0.2, 0) is 6.54 Å². The van der Waals surface area contributed by atoms with Crippen molar-refractivity contribution >= 4 is 22.6 Å². The summed E-state index contributed by atoms with van der Waals surface area (Å²) in [5.41, 5.74) is 7.11. The highest BCUT2D eigenvalue weighted by atomic mass is 16.1. The van der Waals surface area contributed by atoms with Crippen LogP contribution in [0.5, 0.6) is 0 Å². The van der Waals surface area contributed by atoms with Gasteiger partial charge in [0.05, 0.1) is 6.20 Å². The average Bonchev–Trinajstić information content (AvgIpc) is 3.42. The number of aromatic amines is 1. The number of fused-ring (bicyclic) bond motifs is 2. The minimum atomic E-state index is -0.0487. The lowest BCUT2D eigenvalue weighted by molar-refractivity contribution is 0.0966. The number of carbonyl (C=O) groups excluding carboxylic acids is 1. The molecule has 2 aliphatic heterocycles. The van der Waals surface area contributed by atoms with Crippen LogP contribution in [0.15, 0.2) is 48.7 Å². The van der Waals surface area contributed by atoms with Crippen molar-refractivity contribution in [2.24, 2.45) is 0 Å². The number of anilines is 1. The summed E-state index contributed by atoms with van der Waals surface area (Å²) in [5, 5.41) is 10.4. The van der Waals surface area contributed by atoms with Crippen molar-refractivity contribution in [3.05, 3.63) is 59.8 Å². The quantitative estimate of drug-likeness (QED) is 0.525. The molecule has 160 valence electrons. The fourth-order valence-corrected chi connectivity index (χ4v) is 4.40. The number of likely N-dealkylation sites (N-methyl/N-ethyl adjacent to an activating group) is 1. The number of nitrogens with one attached hydrogen (secondary N) is 2. The number of hydrogen-bond donors (Lipinski definition) is 2. The second-order valence-corrected chi connectivity index (χ2v) is 8.42. The third-order valence-corrected chi connectivity index (χ3v) is 6.36. The maximum absolute atomic E-state index is 12.0. The number of aromatic nitrogens is 4. The number of rotatable bonds is 3. The standard InChI is InChI=1S/C24H23N7O/c1-30-8-10-31(11-9-30)18-6-4-15(5-7-18)21-22-20(28-29-21)14-25-23(27-22)16-2-3-17-13-26-24(32)19(17)12-16/h2-7,12,14H,8-11,13H2,1H3,(H,26,32)(H,28,29). The molecule has 0 atom stereocenters. The second kappa shape index (κ2) is 7.42. The molecule has 1 saturated heterocycles. The van der Waals surface area contributed by atoms with Crippen molar-refractivity contribution in [2.45, 2.75) is 6.54 Å². The lowest BCUT2D eigenvalue weighted by atomic mass is 10.1. The summed E-state index contributed by atoms with van der Waals surface area (Å²) < 4.78 is 0. The highest BCUT2D eigenvalue weighted by molar-refractivity contribution is 5.99. The fraction of sp³-hybridized carbons (Fsp3) is 0.250. The van der Waals surface area contributed by atoms with Gasteiger partial charge in [-0.15, -0.1) is 0 Å². The summed E-state index contributed by atoms with van der Waals surface area (Å²) in [6, 6.07) is 14.3. The summed E-state index contributed by atoms with van der Waals surface area (Å²) in [7, 11) is 2.16. The Kier molecular flexibility index (Phi) is 4.39. The van der Waals surface area contributed by atoms with Gasteiger partial charge in [-0.1, -0.05) is 24.3 Å². The molecule has 4 aromatic rings. The molecule has 2 aliphatic rings. The molecule has 8 heteroatoms. The van der Waals surface area contributed by atoms with Gasteiger partial charge in [-0.3, -0.25) is 9.89 Å². The normalized spacial score (nSPS) is 16.4. The molecule has 6 rings (SSSR count). The van der Waals surface area contributed by atoms with Gasteiger partial charge < -0.3 is 15.1 Å². The van der Waals surface area contributed by atoms with Crippen LogP contribution in [0, 0.1) is 0 Å². The summed E-state index contributed by atoms with van der Waals surface area (Å²) in [6.45, 7) is 4.81. The Hall–Kier alpha value is -3.78. The average molecular weight is 425 g/mol. The Bertz CT molecular complexity index is 1320. The van der Waals surface area contributed by atoms with Crippen LogP contribution in [0.3, 0.4) is 0 Å². The number of hydrogen-bond acceptors (Lipinski definition) is 6.